The van der Waals surface area contributed by atoms with E-state index in [-0.39, 0.29) is 0 Å². The molecule has 0 aliphatic rings. The zero-order chi connectivity index (χ0) is 14.1. The Morgan fingerprint density at radius 3 is 2.33 bits per heavy atom. The molecule has 0 radical (unpaired) electrons. The van der Waals surface area contributed by atoms with E-state index in [4.69, 9.17) is 5.11 Å². The number of alkyl halides is 5. The number of aromatic amines is 1. The number of pyridine rings is 1. The van der Waals surface area contributed by atoms with Crippen LogP contribution in [-0.4, -0.2) is 16.1 Å². The number of carboxylic acids is 1. The molecule has 1 aromatic heterocycles. The Balaban J connectivity index is 3.52. The first-order valence-electron chi connectivity index (χ1n) is 4.46. The van der Waals surface area contributed by atoms with E-state index in [2.05, 4.69) is 0 Å². The highest BCUT2D eigenvalue weighted by Crippen LogP contribution is 2.30. The molecule has 9 heteroatoms. The molecule has 0 aliphatic carbocycles. The van der Waals surface area contributed by atoms with E-state index < -0.39 is 47.2 Å². The fraction of sp³-hybridized carbons (Fsp3) is 0.333. The lowest BCUT2D eigenvalue weighted by Crippen LogP contribution is -2.27. The highest BCUT2D eigenvalue weighted by Gasteiger charge is 2.38. The third-order valence-corrected chi connectivity index (χ3v) is 2.04. The van der Waals surface area contributed by atoms with E-state index in [0.717, 1.165) is 0 Å². The molecule has 0 saturated carbocycles. The monoisotopic (exact) mass is 271 g/mol. The lowest BCUT2D eigenvalue weighted by molar-refractivity contribution is -0.140. The number of hydrogen-bond acceptors (Lipinski definition) is 2. The highest BCUT2D eigenvalue weighted by atomic mass is 19.4. The lowest BCUT2D eigenvalue weighted by atomic mass is 10.1. The van der Waals surface area contributed by atoms with Gasteiger partial charge in [-0.3, -0.25) is 9.59 Å². The van der Waals surface area contributed by atoms with Gasteiger partial charge in [-0.1, -0.05) is 0 Å². The SMILES string of the molecule is O=C(O)Cc1[nH]cc(C(F)F)c(=O)c1C(F)(F)F. The summed E-state index contributed by atoms with van der Waals surface area (Å²) in [5.74, 6) is -1.62. The average molecular weight is 271 g/mol. The number of carboxylic acid groups (broad SMARTS) is 1. The summed E-state index contributed by atoms with van der Waals surface area (Å²) in [5.41, 5.74) is -6.11. The van der Waals surface area contributed by atoms with Crippen molar-refractivity contribution in [2.45, 2.75) is 19.0 Å². The molecule has 4 nitrogen and oxygen atoms in total. The molecule has 0 amide bonds. The third-order valence-electron chi connectivity index (χ3n) is 2.04. The van der Waals surface area contributed by atoms with Crippen molar-refractivity contribution in [1.29, 1.82) is 0 Å². The second-order valence-electron chi connectivity index (χ2n) is 3.30. The van der Waals surface area contributed by atoms with Crippen LogP contribution >= 0.6 is 0 Å². The number of hydrogen-bond donors (Lipinski definition) is 2. The molecular weight excluding hydrogens is 265 g/mol. The largest absolute Gasteiger partial charge is 0.481 e. The van der Waals surface area contributed by atoms with Crippen LogP contribution < -0.4 is 5.43 Å². The minimum Gasteiger partial charge on any atom is -0.481 e. The van der Waals surface area contributed by atoms with Gasteiger partial charge < -0.3 is 10.1 Å². The minimum atomic E-state index is -5.21. The van der Waals surface area contributed by atoms with E-state index in [1.165, 1.54) is 0 Å². The van der Waals surface area contributed by atoms with Crippen LogP contribution in [0.2, 0.25) is 0 Å². The molecule has 0 saturated heterocycles. The molecule has 1 aromatic rings. The number of rotatable bonds is 3. The van der Waals surface area contributed by atoms with Gasteiger partial charge in [0.2, 0.25) is 5.43 Å². The summed E-state index contributed by atoms with van der Waals surface area (Å²) in [6.45, 7) is 0. The maximum Gasteiger partial charge on any atom is 0.421 e. The average Bonchev–Trinajstić information content (AvgIpc) is 2.13. The van der Waals surface area contributed by atoms with Crippen molar-refractivity contribution in [3.63, 3.8) is 0 Å². The molecule has 0 spiro atoms. The van der Waals surface area contributed by atoms with Crippen molar-refractivity contribution in [3.8, 4) is 0 Å². The van der Waals surface area contributed by atoms with Gasteiger partial charge in [-0.2, -0.15) is 13.2 Å². The predicted molar refractivity (Wildman–Crippen MR) is 48.4 cm³/mol. The van der Waals surface area contributed by atoms with E-state index in [1.54, 1.807) is 4.98 Å². The van der Waals surface area contributed by atoms with Crippen LogP contribution in [0.15, 0.2) is 11.0 Å². The Hall–Kier alpha value is -1.93. The van der Waals surface area contributed by atoms with Crippen molar-refractivity contribution in [2.75, 3.05) is 0 Å². The van der Waals surface area contributed by atoms with Crippen LogP contribution in [0, 0.1) is 0 Å². The lowest BCUT2D eigenvalue weighted by Gasteiger charge is -2.12. The molecule has 0 atom stereocenters. The number of nitrogens with one attached hydrogen (secondary N) is 1. The first-order valence-corrected chi connectivity index (χ1v) is 4.46. The van der Waals surface area contributed by atoms with Gasteiger partial charge in [0.25, 0.3) is 6.43 Å². The summed E-state index contributed by atoms with van der Waals surface area (Å²) >= 11 is 0. The molecule has 0 aliphatic heterocycles. The van der Waals surface area contributed by atoms with Gasteiger partial charge in [-0.25, -0.2) is 8.78 Å². The summed E-state index contributed by atoms with van der Waals surface area (Å²) in [6, 6.07) is 0. The predicted octanol–water partition coefficient (Wildman–Crippen LogP) is 1.96. The van der Waals surface area contributed by atoms with Crippen molar-refractivity contribution >= 4 is 5.97 Å². The van der Waals surface area contributed by atoms with Crippen molar-refractivity contribution in [2.24, 2.45) is 0 Å². The van der Waals surface area contributed by atoms with Crippen molar-refractivity contribution in [3.05, 3.63) is 33.2 Å². The first-order chi connectivity index (χ1) is 8.14. The number of carbonyl (C=O) groups is 1. The van der Waals surface area contributed by atoms with Crippen LogP contribution in [0.3, 0.4) is 0 Å². The third kappa shape index (κ3) is 2.84. The summed E-state index contributed by atoms with van der Waals surface area (Å²) < 4.78 is 62.2. The molecule has 0 bridgehead atoms. The van der Waals surface area contributed by atoms with E-state index in [1.807, 2.05) is 0 Å². The van der Waals surface area contributed by atoms with Crippen LogP contribution in [0.1, 0.15) is 23.2 Å². The molecule has 1 heterocycles. The van der Waals surface area contributed by atoms with E-state index in [9.17, 15) is 31.5 Å². The highest BCUT2D eigenvalue weighted by molar-refractivity contribution is 5.70. The number of H-pyrrole nitrogens is 1. The normalized spacial score (nSPS) is 11.9. The molecule has 2 N–H and O–H groups in total. The summed E-state index contributed by atoms with van der Waals surface area (Å²) in [7, 11) is 0. The van der Waals surface area contributed by atoms with Gasteiger partial charge in [0.15, 0.2) is 0 Å². The smallest absolute Gasteiger partial charge is 0.421 e. The molecule has 1 rings (SSSR count). The maximum absolute atomic E-state index is 12.5. The fourth-order valence-electron chi connectivity index (χ4n) is 1.34. The second kappa shape index (κ2) is 4.75. The minimum absolute atomic E-state index is 0.389. The van der Waals surface area contributed by atoms with E-state index in [0.29, 0.717) is 6.20 Å². The van der Waals surface area contributed by atoms with Gasteiger partial charge in [0.1, 0.15) is 5.56 Å². The molecule has 0 aromatic carbocycles. The Labute approximate surface area is 96.1 Å². The molecule has 18 heavy (non-hydrogen) atoms. The van der Waals surface area contributed by atoms with Crippen LogP contribution in [0.4, 0.5) is 22.0 Å². The second-order valence-corrected chi connectivity index (χ2v) is 3.30. The van der Waals surface area contributed by atoms with E-state index >= 15 is 0 Å². The zero-order valence-corrected chi connectivity index (χ0v) is 8.52. The summed E-state index contributed by atoms with van der Waals surface area (Å²) in [4.78, 5) is 23.4. The Morgan fingerprint density at radius 1 is 1.39 bits per heavy atom. The molecule has 100 valence electrons. The zero-order valence-electron chi connectivity index (χ0n) is 8.52. The first kappa shape index (κ1) is 14.1. The van der Waals surface area contributed by atoms with Gasteiger partial charge in [-0.15, -0.1) is 0 Å². The Bertz CT molecular complexity index is 520. The van der Waals surface area contributed by atoms with Gasteiger partial charge in [0.05, 0.1) is 12.0 Å². The summed E-state index contributed by atoms with van der Waals surface area (Å²) in [5, 5.41) is 8.39. The van der Waals surface area contributed by atoms with Gasteiger partial charge in [0, 0.05) is 11.9 Å². The summed E-state index contributed by atoms with van der Waals surface area (Å²) in [6.07, 6.45) is -9.31. The maximum atomic E-state index is 12.5. The molecule has 0 unspecified atom stereocenters. The van der Waals surface area contributed by atoms with Crippen LogP contribution in [-0.2, 0) is 17.4 Å². The standard InChI is InChI=1S/C9H6F5NO3/c10-8(11)3-2-15-4(1-5(16)17)6(7(3)18)9(12,13)14/h2,8H,1H2,(H,15,18)(H,16,17). The molecule has 0 fully saturated rings. The number of aromatic nitrogens is 1. The Morgan fingerprint density at radius 2 is 1.94 bits per heavy atom. The Kier molecular flexibility index (Phi) is 3.73. The van der Waals surface area contributed by atoms with Crippen LogP contribution in [0.25, 0.3) is 0 Å². The van der Waals surface area contributed by atoms with Crippen LogP contribution in [0.5, 0.6) is 0 Å². The number of halogens is 5. The topological polar surface area (TPSA) is 70.2 Å². The number of aliphatic carboxylic acids is 1. The van der Waals surface area contributed by atoms with Gasteiger partial charge in [-0.05, 0) is 0 Å². The van der Waals surface area contributed by atoms with Gasteiger partial charge >= 0.3 is 12.1 Å². The van der Waals surface area contributed by atoms with Crippen molar-refractivity contribution < 1.29 is 31.9 Å². The quantitative estimate of drug-likeness (QED) is 0.825. The van der Waals surface area contributed by atoms with Crippen molar-refractivity contribution in [1.82, 2.24) is 4.98 Å². The molecular formula is C9H6F5NO3. The fourth-order valence-corrected chi connectivity index (χ4v) is 1.34.